The maximum absolute atomic E-state index is 5.94. The number of hydrogen-bond acceptors (Lipinski definition) is 6. The number of aromatic nitrogens is 4. The molecule has 2 aromatic heterocycles. The van der Waals surface area contributed by atoms with Crippen LogP contribution in [0.3, 0.4) is 0 Å². The number of rotatable bonds is 3. The van der Waals surface area contributed by atoms with Crippen molar-refractivity contribution in [2.45, 2.75) is 0 Å². The van der Waals surface area contributed by atoms with E-state index in [1.807, 2.05) is 42.5 Å². The van der Waals surface area contributed by atoms with Crippen LogP contribution in [0, 0.1) is 0 Å². The lowest BCUT2D eigenvalue weighted by atomic mass is 10.1. The van der Waals surface area contributed by atoms with Crippen molar-refractivity contribution in [1.29, 1.82) is 0 Å². The van der Waals surface area contributed by atoms with Gasteiger partial charge in [-0.2, -0.15) is 5.10 Å². The molecule has 0 amide bonds. The molecule has 0 bridgehead atoms. The summed E-state index contributed by atoms with van der Waals surface area (Å²) in [4.78, 5) is 8.12. The summed E-state index contributed by atoms with van der Waals surface area (Å²) in [6.45, 7) is 0. The second-order valence-electron chi connectivity index (χ2n) is 5.26. The molecule has 118 valence electrons. The zero-order valence-corrected chi connectivity index (χ0v) is 12.6. The number of nitrogens with one attached hydrogen (secondary N) is 1. The summed E-state index contributed by atoms with van der Waals surface area (Å²) in [5.74, 6) is 1.79. The van der Waals surface area contributed by atoms with E-state index in [9.17, 15) is 0 Å². The van der Waals surface area contributed by atoms with E-state index in [1.54, 1.807) is 6.07 Å². The third kappa shape index (κ3) is 2.48. The fraction of sp³-hybridized carbons (Fsp3) is 0. The van der Waals surface area contributed by atoms with Crippen LogP contribution in [-0.4, -0.2) is 20.2 Å². The van der Waals surface area contributed by atoms with Crippen LogP contribution < -0.4 is 16.2 Å². The Hall–Kier alpha value is -3.61. The second kappa shape index (κ2) is 5.54. The lowest BCUT2D eigenvalue weighted by Gasteiger charge is -2.07. The van der Waals surface area contributed by atoms with Crippen LogP contribution in [0.4, 0.5) is 11.5 Å². The molecule has 0 aliphatic rings. The van der Waals surface area contributed by atoms with Crippen molar-refractivity contribution in [3.63, 3.8) is 0 Å². The first kappa shape index (κ1) is 14.0. The van der Waals surface area contributed by atoms with Gasteiger partial charge in [0.1, 0.15) is 23.6 Å². The lowest BCUT2D eigenvalue weighted by molar-refractivity contribution is 0.483. The number of ether oxygens (including phenoxy) is 1. The molecule has 5 N–H and O–H groups in total. The highest BCUT2D eigenvalue weighted by Gasteiger charge is 2.12. The monoisotopic (exact) mass is 318 g/mol. The molecule has 24 heavy (non-hydrogen) atoms. The number of nitrogens with zero attached hydrogens (tertiary/aromatic N) is 3. The van der Waals surface area contributed by atoms with E-state index in [0.29, 0.717) is 34.0 Å². The van der Waals surface area contributed by atoms with Crippen LogP contribution in [-0.2, 0) is 0 Å². The highest BCUT2D eigenvalue weighted by atomic mass is 16.5. The van der Waals surface area contributed by atoms with Gasteiger partial charge in [0, 0.05) is 17.3 Å². The molecule has 0 atom stereocenters. The Bertz CT molecular complexity index is 1010. The molecule has 0 aliphatic heterocycles. The summed E-state index contributed by atoms with van der Waals surface area (Å²) < 4.78 is 5.79. The van der Waals surface area contributed by atoms with E-state index >= 15 is 0 Å². The summed E-state index contributed by atoms with van der Waals surface area (Å²) in [7, 11) is 0. The lowest BCUT2D eigenvalue weighted by Crippen LogP contribution is -1.92. The maximum Gasteiger partial charge on any atom is 0.186 e. The van der Waals surface area contributed by atoms with Crippen molar-refractivity contribution in [2.24, 2.45) is 0 Å². The molecule has 0 saturated heterocycles. The molecular weight excluding hydrogens is 304 g/mol. The summed E-state index contributed by atoms with van der Waals surface area (Å²) in [5, 5.41) is 7.82. The Morgan fingerprint density at radius 3 is 2.54 bits per heavy atom. The van der Waals surface area contributed by atoms with Crippen LogP contribution in [0.15, 0.2) is 54.9 Å². The number of fused-ring (bicyclic) bond motifs is 1. The number of benzene rings is 2. The number of aromatic amines is 1. The minimum atomic E-state index is 0.392. The SMILES string of the molecule is Nc1cccc(Oc2ccc(-c3[nH]nc4ncnc(N)c34)cc2)c1. The molecule has 0 saturated carbocycles. The smallest absolute Gasteiger partial charge is 0.186 e. The second-order valence-corrected chi connectivity index (χ2v) is 5.26. The van der Waals surface area contributed by atoms with E-state index < -0.39 is 0 Å². The Kier molecular flexibility index (Phi) is 3.24. The van der Waals surface area contributed by atoms with E-state index in [-0.39, 0.29) is 0 Å². The van der Waals surface area contributed by atoms with E-state index in [4.69, 9.17) is 16.2 Å². The fourth-order valence-electron chi connectivity index (χ4n) is 2.49. The van der Waals surface area contributed by atoms with Gasteiger partial charge in [-0.15, -0.1) is 0 Å². The van der Waals surface area contributed by atoms with Crippen LogP contribution in [0.2, 0.25) is 0 Å². The van der Waals surface area contributed by atoms with Crippen LogP contribution >= 0.6 is 0 Å². The van der Waals surface area contributed by atoms with Gasteiger partial charge in [0.25, 0.3) is 0 Å². The maximum atomic E-state index is 5.94. The molecule has 0 spiro atoms. The molecule has 0 fully saturated rings. The number of nitrogen functional groups attached to an aromatic ring is 2. The molecule has 7 nitrogen and oxygen atoms in total. The van der Waals surface area contributed by atoms with Crippen molar-refractivity contribution in [1.82, 2.24) is 20.2 Å². The third-order valence-corrected chi connectivity index (χ3v) is 3.62. The fourth-order valence-corrected chi connectivity index (χ4v) is 2.49. The Morgan fingerprint density at radius 1 is 0.917 bits per heavy atom. The van der Waals surface area contributed by atoms with E-state index in [2.05, 4.69) is 20.2 Å². The van der Waals surface area contributed by atoms with Gasteiger partial charge in [-0.1, -0.05) is 6.07 Å². The molecule has 4 rings (SSSR count). The van der Waals surface area contributed by atoms with Gasteiger partial charge in [-0.3, -0.25) is 5.10 Å². The molecule has 0 aliphatic carbocycles. The zero-order valence-electron chi connectivity index (χ0n) is 12.6. The Morgan fingerprint density at radius 2 is 1.75 bits per heavy atom. The molecule has 0 radical (unpaired) electrons. The topological polar surface area (TPSA) is 116 Å². The highest BCUT2D eigenvalue weighted by molar-refractivity contribution is 5.97. The van der Waals surface area contributed by atoms with E-state index in [0.717, 1.165) is 11.3 Å². The van der Waals surface area contributed by atoms with Gasteiger partial charge < -0.3 is 16.2 Å². The highest BCUT2D eigenvalue weighted by Crippen LogP contribution is 2.30. The molecular formula is C17H14N6O. The largest absolute Gasteiger partial charge is 0.457 e. The van der Waals surface area contributed by atoms with Crippen molar-refractivity contribution in [3.8, 4) is 22.8 Å². The summed E-state index contributed by atoms with van der Waals surface area (Å²) in [6, 6.07) is 14.8. The molecule has 4 aromatic rings. The Labute approximate surface area is 137 Å². The molecule has 2 heterocycles. The van der Waals surface area contributed by atoms with E-state index in [1.165, 1.54) is 6.33 Å². The minimum Gasteiger partial charge on any atom is -0.457 e. The summed E-state index contributed by atoms with van der Waals surface area (Å²) >= 11 is 0. The summed E-state index contributed by atoms with van der Waals surface area (Å²) in [6.07, 6.45) is 1.39. The quantitative estimate of drug-likeness (QED) is 0.500. The minimum absolute atomic E-state index is 0.392. The van der Waals surface area contributed by atoms with Gasteiger partial charge in [-0.25, -0.2) is 9.97 Å². The zero-order chi connectivity index (χ0) is 16.5. The third-order valence-electron chi connectivity index (χ3n) is 3.62. The number of hydrogen-bond donors (Lipinski definition) is 3. The van der Waals surface area contributed by atoms with Crippen LogP contribution in [0.1, 0.15) is 0 Å². The van der Waals surface area contributed by atoms with Gasteiger partial charge in [0.15, 0.2) is 5.65 Å². The van der Waals surface area contributed by atoms with Crippen LogP contribution in [0.5, 0.6) is 11.5 Å². The first-order valence-electron chi connectivity index (χ1n) is 7.29. The predicted octanol–water partition coefficient (Wildman–Crippen LogP) is 2.98. The Balaban J connectivity index is 1.66. The van der Waals surface area contributed by atoms with Gasteiger partial charge in [0.05, 0.1) is 11.1 Å². The molecule has 7 heteroatoms. The van der Waals surface area contributed by atoms with Gasteiger partial charge in [-0.05, 0) is 36.4 Å². The van der Waals surface area contributed by atoms with Crippen LogP contribution in [0.25, 0.3) is 22.3 Å². The average molecular weight is 318 g/mol. The van der Waals surface area contributed by atoms with Crippen molar-refractivity contribution >= 4 is 22.5 Å². The number of anilines is 2. The first-order chi connectivity index (χ1) is 11.7. The molecule has 0 unspecified atom stereocenters. The number of H-pyrrole nitrogens is 1. The summed E-state index contributed by atoms with van der Waals surface area (Å²) in [5.41, 5.74) is 14.6. The predicted molar refractivity (Wildman–Crippen MR) is 92.5 cm³/mol. The molecule has 2 aromatic carbocycles. The van der Waals surface area contributed by atoms with Gasteiger partial charge >= 0.3 is 0 Å². The van der Waals surface area contributed by atoms with Gasteiger partial charge in [0.2, 0.25) is 0 Å². The van der Waals surface area contributed by atoms with Crippen molar-refractivity contribution < 1.29 is 4.74 Å². The van der Waals surface area contributed by atoms with Crippen molar-refractivity contribution in [3.05, 3.63) is 54.9 Å². The van der Waals surface area contributed by atoms with Crippen molar-refractivity contribution in [2.75, 3.05) is 11.5 Å². The number of nitrogens with two attached hydrogens (primary N) is 2. The first-order valence-corrected chi connectivity index (χ1v) is 7.29. The normalized spacial score (nSPS) is 10.8. The standard InChI is InChI=1S/C17H14N6O/c18-11-2-1-3-13(8-11)24-12-6-4-10(5-7-12)15-14-16(19)20-9-21-17(14)23-22-15/h1-9H,18H2,(H3,19,20,21,22,23). The average Bonchev–Trinajstić information content (AvgIpc) is 3.01.